The Kier molecular flexibility index (Phi) is 4.73. The van der Waals surface area contributed by atoms with Crippen LogP contribution in [0.2, 0.25) is 5.02 Å². The number of hydrogen-bond acceptors (Lipinski definition) is 1. The monoisotopic (exact) mass is 393 g/mol. The highest BCUT2D eigenvalue weighted by Crippen LogP contribution is 2.32. The highest BCUT2D eigenvalue weighted by molar-refractivity contribution is 9.10. The molecule has 1 N–H and O–H groups in total. The molecule has 1 aromatic carbocycles. The van der Waals surface area contributed by atoms with Crippen molar-refractivity contribution in [2.75, 3.05) is 5.33 Å². The molecule has 18 heavy (non-hydrogen) atoms. The van der Waals surface area contributed by atoms with Gasteiger partial charge in [-0.05, 0) is 47.0 Å². The second-order valence-corrected chi connectivity index (χ2v) is 6.55. The largest absolute Gasteiger partial charge is 0.346 e. The minimum atomic E-state index is -0.0871. The molecule has 2 rings (SSSR count). The van der Waals surface area contributed by atoms with Gasteiger partial charge >= 0.3 is 0 Å². The number of carbonyl (C=O) groups is 1. The number of hydrogen-bond donors (Lipinski definition) is 1. The maximum Gasteiger partial charge on any atom is 0.252 e. The third-order valence-corrected chi connectivity index (χ3v) is 5.34. The van der Waals surface area contributed by atoms with Gasteiger partial charge in [-0.15, -0.1) is 0 Å². The summed E-state index contributed by atoms with van der Waals surface area (Å²) in [5.41, 5.74) is 0.544. The predicted octanol–water partition coefficient (Wildman–Crippen LogP) is 4.54. The predicted molar refractivity (Wildman–Crippen MR) is 81.6 cm³/mol. The zero-order valence-corrected chi connectivity index (χ0v) is 13.7. The molecular weight excluding hydrogens is 381 g/mol. The summed E-state index contributed by atoms with van der Waals surface area (Å²) in [7, 11) is 0. The van der Waals surface area contributed by atoms with Gasteiger partial charge in [0, 0.05) is 14.8 Å². The molecule has 1 aliphatic rings. The maximum absolute atomic E-state index is 12.3. The molecule has 5 heteroatoms. The van der Waals surface area contributed by atoms with E-state index in [1.807, 2.05) is 0 Å². The van der Waals surface area contributed by atoms with Crippen molar-refractivity contribution in [2.24, 2.45) is 0 Å². The first-order valence-corrected chi connectivity index (χ1v) is 8.19. The molecule has 0 saturated heterocycles. The van der Waals surface area contributed by atoms with E-state index < -0.39 is 0 Å². The van der Waals surface area contributed by atoms with E-state index in [0.717, 1.165) is 22.6 Å². The van der Waals surface area contributed by atoms with E-state index in [0.29, 0.717) is 10.6 Å². The first-order chi connectivity index (χ1) is 8.56. The van der Waals surface area contributed by atoms with E-state index in [-0.39, 0.29) is 11.4 Å². The maximum atomic E-state index is 12.3. The molecule has 0 spiro atoms. The van der Waals surface area contributed by atoms with Crippen LogP contribution in [0.5, 0.6) is 0 Å². The summed E-state index contributed by atoms with van der Waals surface area (Å²) in [6.07, 6.45) is 4.42. The lowest BCUT2D eigenvalue weighted by molar-refractivity contribution is 0.0909. The smallest absolute Gasteiger partial charge is 0.252 e. The Morgan fingerprint density at radius 1 is 1.39 bits per heavy atom. The SMILES string of the molecule is O=C(NC1(CBr)CCCC1)c1ccc(Cl)cc1Br. The molecule has 1 aromatic rings. The molecule has 98 valence electrons. The van der Waals surface area contributed by atoms with Gasteiger partial charge in [0.05, 0.1) is 11.1 Å². The van der Waals surface area contributed by atoms with Gasteiger partial charge in [0.2, 0.25) is 0 Å². The van der Waals surface area contributed by atoms with Crippen molar-refractivity contribution in [3.8, 4) is 0 Å². The fourth-order valence-corrected chi connectivity index (χ4v) is 3.89. The van der Waals surface area contributed by atoms with Crippen LogP contribution in [0, 0.1) is 0 Å². The van der Waals surface area contributed by atoms with E-state index in [4.69, 9.17) is 11.6 Å². The van der Waals surface area contributed by atoms with Crippen molar-refractivity contribution in [3.63, 3.8) is 0 Å². The first-order valence-electron chi connectivity index (χ1n) is 5.90. The van der Waals surface area contributed by atoms with E-state index >= 15 is 0 Å². The molecule has 1 saturated carbocycles. The summed E-state index contributed by atoms with van der Waals surface area (Å²) in [5.74, 6) is -0.0418. The number of amides is 1. The van der Waals surface area contributed by atoms with Crippen LogP contribution in [-0.4, -0.2) is 16.8 Å². The summed E-state index contributed by atoms with van der Waals surface area (Å²) in [6.45, 7) is 0. The Bertz CT molecular complexity index is 458. The van der Waals surface area contributed by atoms with Crippen LogP contribution in [0.3, 0.4) is 0 Å². The van der Waals surface area contributed by atoms with Crippen LogP contribution < -0.4 is 5.32 Å². The van der Waals surface area contributed by atoms with Gasteiger partial charge in [-0.3, -0.25) is 4.79 Å². The lowest BCUT2D eigenvalue weighted by Gasteiger charge is -2.28. The van der Waals surface area contributed by atoms with Crippen LogP contribution >= 0.6 is 43.5 Å². The Balaban J connectivity index is 2.16. The molecule has 2 nitrogen and oxygen atoms in total. The number of alkyl halides is 1. The van der Waals surface area contributed by atoms with Gasteiger partial charge < -0.3 is 5.32 Å². The Hall–Kier alpha value is -0.0600. The van der Waals surface area contributed by atoms with E-state index in [2.05, 4.69) is 37.2 Å². The van der Waals surface area contributed by atoms with Crippen LogP contribution in [0.15, 0.2) is 22.7 Å². The molecule has 0 bridgehead atoms. The molecule has 0 atom stereocenters. The Morgan fingerprint density at radius 2 is 2.06 bits per heavy atom. The van der Waals surface area contributed by atoms with Crippen LogP contribution in [0.1, 0.15) is 36.0 Å². The van der Waals surface area contributed by atoms with Crippen molar-refractivity contribution in [1.82, 2.24) is 5.32 Å². The second-order valence-electron chi connectivity index (χ2n) is 4.70. The van der Waals surface area contributed by atoms with Gasteiger partial charge in [0.1, 0.15) is 0 Å². The standard InChI is InChI=1S/C13H14Br2ClNO/c14-8-13(5-1-2-6-13)17-12(18)10-4-3-9(16)7-11(10)15/h3-4,7H,1-2,5-6,8H2,(H,17,18). The van der Waals surface area contributed by atoms with Crippen molar-refractivity contribution in [3.05, 3.63) is 33.3 Å². The van der Waals surface area contributed by atoms with Crippen LogP contribution in [-0.2, 0) is 0 Å². The topological polar surface area (TPSA) is 29.1 Å². The number of nitrogens with one attached hydrogen (secondary N) is 1. The lowest BCUT2D eigenvalue weighted by Crippen LogP contribution is -2.47. The van der Waals surface area contributed by atoms with E-state index in [1.165, 1.54) is 12.8 Å². The van der Waals surface area contributed by atoms with Gasteiger partial charge in [-0.1, -0.05) is 40.4 Å². The van der Waals surface area contributed by atoms with Crippen LogP contribution in [0.4, 0.5) is 0 Å². The van der Waals surface area contributed by atoms with Gasteiger partial charge in [-0.25, -0.2) is 0 Å². The van der Waals surface area contributed by atoms with Crippen LogP contribution in [0.25, 0.3) is 0 Å². The highest BCUT2D eigenvalue weighted by atomic mass is 79.9. The molecule has 0 unspecified atom stereocenters. The minimum Gasteiger partial charge on any atom is -0.346 e. The number of rotatable bonds is 3. The zero-order chi connectivity index (χ0) is 13.2. The quantitative estimate of drug-likeness (QED) is 0.748. The molecule has 0 aliphatic heterocycles. The van der Waals surface area contributed by atoms with E-state index in [9.17, 15) is 4.79 Å². The molecule has 1 aliphatic carbocycles. The van der Waals surface area contributed by atoms with Gasteiger partial charge in [0.25, 0.3) is 5.91 Å². The van der Waals surface area contributed by atoms with Gasteiger partial charge in [0.15, 0.2) is 0 Å². The van der Waals surface area contributed by atoms with Crippen molar-refractivity contribution in [2.45, 2.75) is 31.2 Å². The average Bonchev–Trinajstić information content (AvgIpc) is 2.78. The average molecular weight is 396 g/mol. The zero-order valence-electron chi connectivity index (χ0n) is 9.81. The number of carbonyl (C=O) groups excluding carboxylic acids is 1. The Morgan fingerprint density at radius 3 is 2.61 bits per heavy atom. The highest BCUT2D eigenvalue weighted by Gasteiger charge is 2.34. The fourth-order valence-electron chi connectivity index (χ4n) is 2.33. The molecule has 0 heterocycles. The molecular formula is C13H14Br2ClNO. The fraction of sp³-hybridized carbons (Fsp3) is 0.462. The summed E-state index contributed by atoms with van der Waals surface area (Å²) in [6, 6.07) is 5.22. The normalized spacial score (nSPS) is 17.7. The minimum absolute atomic E-state index is 0.0418. The molecule has 1 amide bonds. The van der Waals surface area contributed by atoms with Crippen molar-refractivity contribution in [1.29, 1.82) is 0 Å². The summed E-state index contributed by atoms with van der Waals surface area (Å²) < 4.78 is 0.732. The third kappa shape index (κ3) is 3.09. The summed E-state index contributed by atoms with van der Waals surface area (Å²) in [4.78, 5) is 12.3. The number of benzene rings is 1. The Labute approximate surface area is 129 Å². The third-order valence-electron chi connectivity index (χ3n) is 3.37. The molecule has 1 fully saturated rings. The number of halogens is 3. The molecule has 0 radical (unpaired) electrons. The second kappa shape index (κ2) is 5.93. The summed E-state index contributed by atoms with van der Waals surface area (Å²) >= 11 is 12.8. The first kappa shape index (κ1) is 14.4. The van der Waals surface area contributed by atoms with E-state index in [1.54, 1.807) is 18.2 Å². The molecule has 0 aromatic heterocycles. The van der Waals surface area contributed by atoms with Crippen molar-refractivity contribution < 1.29 is 4.79 Å². The van der Waals surface area contributed by atoms with Gasteiger partial charge in [-0.2, -0.15) is 0 Å². The van der Waals surface area contributed by atoms with Crippen molar-refractivity contribution >= 4 is 49.4 Å². The lowest BCUT2D eigenvalue weighted by atomic mass is 10.00. The summed E-state index contributed by atoms with van der Waals surface area (Å²) in [5, 5.41) is 4.58.